The van der Waals surface area contributed by atoms with Crippen molar-refractivity contribution in [3.8, 4) is 0 Å². The van der Waals surface area contributed by atoms with Crippen molar-refractivity contribution in [3.63, 3.8) is 0 Å². The van der Waals surface area contributed by atoms with E-state index in [2.05, 4.69) is 21.0 Å². The molecule has 2 aromatic rings. The Hall–Kier alpha value is -1.55. The van der Waals surface area contributed by atoms with Gasteiger partial charge in [-0.1, -0.05) is 18.3 Å². The van der Waals surface area contributed by atoms with Gasteiger partial charge in [-0.15, -0.1) is 0 Å². The Labute approximate surface area is 111 Å². The van der Waals surface area contributed by atoms with Gasteiger partial charge in [-0.3, -0.25) is 4.98 Å². The van der Waals surface area contributed by atoms with Crippen LogP contribution in [-0.2, 0) is 6.42 Å². The molecule has 0 radical (unpaired) electrons. The average molecular weight is 257 g/mol. The average Bonchev–Trinajstić information content (AvgIpc) is 3.20. The molecule has 4 heteroatoms. The maximum Gasteiger partial charge on any atom is 0.132 e. The van der Waals surface area contributed by atoms with Crippen molar-refractivity contribution in [2.75, 3.05) is 0 Å². The predicted octanol–water partition coefficient (Wildman–Crippen LogP) is 3.31. The summed E-state index contributed by atoms with van der Waals surface area (Å²) in [5.41, 5.74) is 3.45. The molecule has 3 nitrogen and oxygen atoms in total. The summed E-state index contributed by atoms with van der Waals surface area (Å²) in [6.07, 6.45) is 6.99. The summed E-state index contributed by atoms with van der Waals surface area (Å²) in [5.74, 6) is 1.66. The molecule has 3 rings (SSSR count). The molecule has 0 unspecified atom stereocenters. The molecule has 0 aliphatic heterocycles. The Morgan fingerprint density at radius 3 is 2.94 bits per heavy atom. The van der Waals surface area contributed by atoms with Crippen LogP contribution in [0.1, 0.15) is 41.4 Å². The zero-order valence-corrected chi connectivity index (χ0v) is 11.1. The first-order valence-electron chi connectivity index (χ1n) is 6.22. The van der Waals surface area contributed by atoms with Crippen molar-refractivity contribution < 1.29 is 0 Å². The van der Waals surface area contributed by atoms with Crippen LogP contribution in [0.15, 0.2) is 24.5 Å². The molecule has 0 amide bonds. The maximum atomic E-state index is 5.34. The first-order valence-corrected chi connectivity index (χ1v) is 6.63. The lowest BCUT2D eigenvalue weighted by Gasteiger charge is -2.09. The Kier molecular flexibility index (Phi) is 2.96. The molecule has 1 fully saturated rings. The molecule has 1 saturated carbocycles. The van der Waals surface area contributed by atoms with E-state index < -0.39 is 0 Å². The first kappa shape index (κ1) is 11.5. The van der Waals surface area contributed by atoms with Gasteiger partial charge in [0.25, 0.3) is 0 Å². The van der Waals surface area contributed by atoms with Crippen molar-refractivity contribution in [1.82, 2.24) is 15.0 Å². The molecular formula is C14H15N3S. The normalized spacial score (nSPS) is 14.7. The molecule has 1 N–H and O–H groups in total. The third-order valence-corrected chi connectivity index (χ3v) is 3.74. The van der Waals surface area contributed by atoms with E-state index in [0.717, 1.165) is 22.4 Å². The summed E-state index contributed by atoms with van der Waals surface area (Å²) in [6.45, 7) is 2.04. The number of hydrogen-bond donors (Lipinski definition) is 1. The topological polar surface area (TPSA) is 41.6 Å². The molecule has 2 aromatic heterocycles. The van der Waals surface area contributed by atoms with Crippen molar-refractivity contribution >= 4 is 12.2 Å². The fourth-order valence-electron chi connectivity index (χ4n) is 2.03. The lowest BCUT2D eigenvalue weighted by atomic mass is 10.1. The van der Waals surface area contributed by atoms with E-state index >= 15 is 0 Å². The lowest BCUT2D eigenvalue weighted by Crippen LogP contribution is -2.03. The predicted molar refractivity (Wildman–Crippen MR) is 73.2 cm³/mol. The third-order valence-electron chi connectivity index (χ3n) is 3.34. The summed E-state index contributed by atoms with van der Waals surface area (Å²) in [4.78, 5) is 12.1. The molecule has 1 aliphatic rings. The molecule has 0 aromatic carbocycles. The number of aromatic nitrogens is 3. The number of hydrogen-bond acceptors (Lipinski definition) is 3. The Morgan fingerprint density at radius 1 is 1.44 bits per heavy atom. The van der Waals surface area contributed by atoms with E-state index in [1.807, 2.05) is 19.2 Å². The van der Waals surface area contributed by atoms with Crippen LogP contribution in [0.5, 0.6) is 0 Å². The lowest BCUT2D eigenvalue weighted by molar-refractivity contribution is 0.865. The monoisotopic (exact) mass is 257 g/mol. The molecule has 0 saturated heterocycles. The van der Waals surface area contributed by atoms with Crippen LogP contribution in [-0.4, -0.2) is 15.0 Å². The van der Waals surface area contributed by atoms with Gasteiger partial charge >= 0.3 is 0 Å². The van der Waals surface area contributed by atoms with E-state index in [1.165, 1.54) is 24.1 Å². The fourth-order valence-corrected chi connectivity index (χ4v) is 2.25. The summed E-state index contributed by atoms with van der Waals surface area (Å²) in [5, 5.41) is 0. The maximum absolute atomic E-state index is 5.34. The molecule has 1 aliphatic carbocycles. The standard InChI is InChI=1S/C14H15N3S/c1-9-12(7-10-3-2-6-15-8-10)16-13(11-4-5-11)17-14(9)18/h2-3,6,8,11H,4-5,7H2,1H3,(H,16,17,18). The minimum absolute atomic E-state index is 0.597. The Morgan fingerprint density at radius 2 is 2.28 bits per heavy atom. The highest BCUT2D eigenvalue weighted by Gasteiger charge is 2.26. The van der Waals surface area contributed by atoms with E-state index in [0.29, 0.717) is 5.92 Å². The van der Waals surface area contributed by atoms with Crippen molar-refractivity contribution in [1.29, 1.82) is 0 Å². The number of H-pyrrole nitrogens is 1. The van der Waals surface area contributed by atoms with Crippen LogP contribution < -0.4 is 0 Å². The summed E-state index contributed by atoms with van der Waals surface area (Å²) in [7, 11) is 0. The summed E-state index contributed by atoms with van der Waals surface area (Å²) < 4.78 is 0.731. The van der Waals surface area contributed by atoms with Crippen LogP contribution >= 0.6 is 12.2 Å². The van der Waals surface area contributed by atoms with E-state index in [-0.39, 0.29) is 0 Å². The van der Waals surface area contributed by atoms with E-state index in [1.54, 1.807) is 6.20 Å². The largest absolute Gasteiger partial charge is 0.346 e. The Balaban J connectivity index is 1.97. The van der Waals surface area contributed by atoms with Crippen LogP contribution in [0, 0.1) is 11.6 Å². The fraction of sp³-hybridized carbons (Fsp3) is 0.357. The van der Waals surface area contributed by atoms with Crippen molar-refractivity contribution in [2.45, 2.75) is 32.1 Å². The number of nitrogens with one attached hydrogen (secondary N) is 1. The SMILES string of the molecule is Cc1c(Cc2cccnc2)[nH]c(C2CC2)nc1=S. The quantitative estimate of drug-likeness (QED) is 0.858. The van der Waals surface area contributed by atoms with Gasteiger partial charge in [0.1, 0.15) is 10.5 Å². The van der Waals surface area contributed by atoms with Gasteiger partial charge < -0.3 is 4.98 Å². The van der Waals surface area contributed by atoms with E-state index in [9.17, 15) is 0 Å². The van der Waals surface area contributed by atoms with Crippen LogP contribution in [0.3, 0.4) is 0 Å². The highest BCUT2D eigenvalue weighted by Crippen LogP contribution is 2.38. The molecule has 18 heavy (non-hydrogen) atoms. The second-order valence-electron chi connectivity index (χ2n) is 4.84. The summed E-state index contributed by atoms with van der Waals surface area (Å²) in [6, 6.07) is 4.04. The van der Waals surface area contributed by atoms with Crippen LogP contribution in [0.2, 0.25) is 0 Å². The molecule has 92 valence electrons. The Bertz CT molecular complexity index is 615. The molecule has 0 bridgehead atoms. The molecular weight excluding hydrogens is 242 g/mol. The first-order chi connectivity index (χ1) is 8.74. The van der Waals surface area contributed by atoms with Gasteiger partial charge in [-0.25, -0.2) is 4.98 Å². The minimum Gasteiger partial charge on any atom is -0.346 e. The van der Waals surface area contributed by atoms with Gasteiger partial charge in [-0.05, 0) is 31.4 Å². The number of pyridine rings is 1. The highest BCUT2D eigenvalue weighted by atomic mass is 32.1. The van der Waals surface area contributed by atoms with Crippen molar-refractivity contribution in [2.24, 2.45) is 0 Å². The van der Waals surface area contributed by atoms with Crippen LogP contribution in [0.4, 0.5) is 0 Å². The zero-order valence-electron chi connectivity index (χ0n) is 10.3. The highest BCUT2D eigenvalue weighted by molar-refractivity contribution is 7.71. The molecule has 0 atom stereocenters. The van der Waals surface area contributed by atoms with Gasteiger partial charge in [0, 0.05) is 36.0 Å². The molecule has 2 heterocycles. The van der Waals surface area contributed by atoms with Crippen LogP contribution in [0.25, 0.3) is 0 Å². The van der Waals surface area contributed by atoms with Gasteiger partial charge in [-0.2, -0.15) is 0 Å². The number of rotatable bonds is 3. The van der Waals surface area contributed by atoms with Crippen molar-refractivity contribution in [3.05, 3.63) is 51.8 Å². The number of aromatic amines is 1. The smallest absolute Gasteiger partial charge is 0.132 e. The number of nitrogens with zero attached hydrogens (tertiary/aromatic N) is 2. The van der Waals surface area contributed by atoms with Gasteiger partial charge in [0.15, 0.2) is 0 Å². The second kappa shape index (κ2) is 4.61. The van der Waals surface area contributed by atoms with E-state index in [4.69, 9.17) is 12.2 Å². The second-order valence-corrected chi connectivity index (χ2v) is 5.23. The van der Waals surface area contributed by atoms with Gasteiger partial charge in [0.2, 0.25) is 0 Å². The summed E-state index contributed by atoms with van der Waals surface area (Å²) >= 11 is 5.34. The third kappa shape index (κ3) is 2.34. The minimum atomic E-state index is 0.597. The van der Waals surface area contributed by atoms with Gasteiger partial charge in [0.05, 0.1) is 0 Å². The zero-order chi connectivity index (χ0) is 12.5. The molecule has 0 spiro atoms.